The molecule has 1 atom stereocenters. The summed E-state index contributed by atoms with van der Waals surface area (Å²) in [6.07, 6.45) is 2.26. The minimum absolute atomic E-state index is 0.517. The monoisotopic (exact) mass is 220 g/mol. The average Bonchev–Trinajstić information content (AvgIpc) is 2.30. The Morgan fingerprint density at radius 3 is 3.12 bits per heavy atom. The molecule has 3 nitrogen and oxygen atoms in total. The summed E-state index contributed by atoms with van der Waals surface area (Å²) in [6, 6.07) is 6.88. The van der Waals surface area contributed by atoms with Crippen LogP contribution in [0.2, 0.25) is 0 Å². The van der Waals surface area contributed by atoms with E-state index in [0.29, 0.717) is 6.04 Å². The second-order valence-electron chi connectivity index (χ2n) is 4.35. The molecule has 0 saturated heterocycles. The highest BCUT2D eigenvalue weighted by Gasteiger charge is 2.17. The van der Waals surface area contributed by atoms with E-state index in [4.69, 9.17) is 4.74 Å². The Hall–Kier alpha value is -1.22. The van der Waals surface area contributed by atoms with Gasteiger partial charge in [0.1, 0.15) is 0 Å². The van der Waals surface area contributed by atoms with Gasteiger partial charge in [0, 0.05) is 26.3 Å². The molecule has 0 bridgehead atoms. The number of ether oxygens (including phenoxy) is 1. The third-order valence-electron chi connectivity index (χ3n) is 3.06. The lowest BCUT2D eigenvalue weighted by Crippen LogP contribution is -2.33. The summed E-state index contributed by atoms with van der Waals surface area (Å²) in [5.74, 6) is 0. The smallest absolute Gasteiger partial charge is 0.0608 e. The maximum atomic E-state index is 5.08. The summed E-state index contributed by atoms with van der Waals surface area (Å²) in [7, 11) is 1.76. The highest BCUT2D eigenvalue weighted by atomic mass is 16.5. The Kier molecular flexibility index (Phi) is 3.67. The lowest BCUT2D eigenvalue weighted by atomic mass is 10.0. The van der Waals surface area contributed by atoms with Crippen molar-refractivity contribution in [3.8, 4) is 0 Å². The minimum atomic E-state index is 0.517. The van der Waals surface area contributed by atoms with Crippen LogP contribution in [0, 0.1) is 6.92 Å². The first kappa shape index (κ1) is 11.3. The van der Waals surface area contributed by atoms with Crippen LogP contribution in [0.4, 0.5) is 11.4 Å². The van der Waals surface area contributed by atoms with Crippen LogP contribution in [0.15, 0.2) is 18.2 Å². The normalized spacial score (nSPS) is 18.5. The summed E-state index contributed by atoms with van der Waals surface area (Å²) >= 11 is 0. The molecule has 0 radical (unpaired) electrons. The Labute approximate surface area is 97.2 Å². The van der Waals surface area contributed by atoms with Crippen LogP contribution >= 0.6 is 0 Å². The molecule has 1 aromatic carbocycles. The Morgan fingerprint density at radius 1 is 1.44 bits per heavy atom. The van der Waals surface area contributed by atoms with Crippen molar-refractivity contribution >= 4 is 11.4 Å². The van der Waals surface area contributed by atoms with Crippen LogP contribution in [-0.2, 0) is 4.74 Å². The van der Waals surface area contributed by atoms with Crippen LogP contribution < -0.4 is 10.6 Å². The van der Waals surface area contributed by atoms with Gasteiger partial charge in [0.05, 0.1) is 11.4 Å². The SMILES string of the molecule is COCCCC1CNc2cccc(C)c2N1. The average molecular weight is 220 g/mol. The largest absolute Gasteiger partial charge is 0.385 e. The quantitative estimate of drug-likeness (QED) is 0.765. The van der Waals surface area contributed by atoms with E-state index in [1.165, 1.54) is 16.9 Å². The third-order valence-corrected chi connectivity index (χ3v) is 3.06. The van der Waals surface area contributed by atoms with Gasteiger partial charge in [-0.1, -0.05) is 12.1 Å². The van der Waals surface area contributed by atoms with Gasteiger partial charge in [-0.3, -0.25) is 0 Å². The highest BCUT2D eigenvalue weighted by molar-refractivity contribution is 5.74. The molecular weight excluding hydrogens is 200 g/mol. The van der Waals surface area contributed by atoms with Gasteiger partial charge in [0.25, 0.3) is 0 Å². The summed E-state index contributed by atoms with van der Waals surface area (Å²) in [6.45, 7) is 3.99. The first-order valence-electron chi connectivity index (χ1n) is 5.90. The Morgan fingerprint density at radius 2 is 2.31 bits per heavy atom. The molecule has 0 spiro atoms. The maximum Gasteiger partial charge on any atom is 0.0608 e. The number of methoxy groups -OCH3 is 1. The van der Waals surface area contributed by atoms with Crippen LogP contribution in [0.25, 0.3) is 0 Å². The van der Waals surface area contributed by atoms with Gasteiger partial charge in [0.2, 0.25) is 0 Å². The lowest BCUT2D eigenvalue weighted by molar-refractivity contribution is 0.191. The number of fused-ring (bicyclic) bond motifs is 1. The van der Waals surface area contributed by atoms with Crippen LogP contribution in [0.3, 0.4) is 0 Å². The fourth-order valence-electron chi connectivity index (χ4n) is 2.14. The van der Waals surface area contributed by atoms with Gasteiger partial charge in [-0.25, -0.2) is 0 Å². The zero-order chi connectivity index (χ0) is 11.4. The Balaban J connectivity index is 1.97. The molecule has 1 unspecified atom stereocenters. The van der Waals surface area contributed by atoms with Gasteiger partial charge >= 0.3 is 0 Å². The molecule has 1 heterocycles. The molecular formula is C13H20N2O. The van der Waals surface area contributed by atoms with Crippen LogP contribution in [0.1, 0.15) is 18.4 Å². The molecule has 0 amide bonds. The fraction of sp³-hybridized carbons (Fsp3) is 0.538. The van der Waals surface area contributed by atoms with Crippen molar-refractivity contribution in [3.63, 3.8) is 0 Å². The van der Waals surface area contributed by atoms with E-state index < -0.39 is 0 Å². The number of nitrogens with one attached hydrogen (secondary N) is 2. The number of anilines is 2. The van der Waals surface area contributed by atoms with Gasteiger partial charge in [0.15, 0.2) is 0 Å². The number of rotatable bonds is 4. The van der Waals surface area contributed by atoms with Gasteiger partial charge in [-0.2, -0.15) is 0 Å². The number of aryl methyl sites for hydroxylation is 1. The molecule has 0 fully saturated rings. The van der Waals surface area contributed by atoms with E-state index in [1.54, 1.807) is 7.11 Å². The Bertz CT molecular complexity index is 352. The second-order valence-corrected chi connectivity index (χ2v) is 4.35. The molecule has 1 aliphatic heterocycles. The molecule has 88 valence electrons. The van der Waals surface area contributed by atoms with E-state index in [2.05, 4.69) is 35.8 Å². The number of hydrogen-bond acceptors (Lipinski definition) is 3. The second kappa shape index (κ2) is 5.21. The topological polar surface area (TPSA) is 33.3 Å². The summed E-state index contributed by atoms with van der Waals surface area (Å²) < 4.78 is 5.08. The zero-order valence-corrected chi connectivity index (χ0v) is 10.0. The highest BCUT2D eigenvalue weighted by Crippen LogP contribution is 2.30. The van der Waals surface area contributed by atoms with Gasteiger partial charge in [-0.15, -0.1) is 0 Å². The molecule has 1 aliphatic rings. The van der Waals surface area contributed by atoms with E-state index in [0.717, 1.165) is 26.0 Å². The van der Waals surface area contributed by atoms with E-state index >= 15 is 0 Å². The number of hydrogen-bond donors (Lipinski definition) is 2. The fourth-order valence-corrected chi connectivity index (χ4v) is 2.14. The van der Waals surface area contributed by atoms with Crippen molar-refractivity contribution in [1.29, 1.82) is 0 Å². The van der Waals surface area contributed by atoms with Crippen molar-refractivity contribution in [2.75, 3.05) is 30.9 Å². The van der Waals surface area contributed by atoms with Crippen molar-refractivity contribution in [1.82, 2.24) is 0 Å². The van der Waals surface area contributed by atoms with Crippen molar-refractivity contribution in [3.05, 3.63) is 23.8 Å². The molecule has 0 aliphatic carbocycles. The first-order valence-corrected chi connectivity index (χ1v) is 5.90. The summed E-state index contributed by atoms with van der Waals surface area (Å²) in [4.78, 5) is 0. The summed E-state index contributed by atoms with van der Waals surface area (Å²) in [5.41, 5.74) is 3.79. The van der Waals surface area contributed by atoms with E-state index in [9.17, 15) is 0 Å². The molecule has 16 heavy (non-hydrogen) atoms. The predicted octanol–water partition coefficient (Wildman–Crippen LogP) is 2.63. The van der Waals surface area contributed by atoms with E-state index in [-0.39, 0.29) is 0 Å². The van der Waals surface area contributed by atoms with Crippen molar-refractivity contribution < 1.29 is 4.74 Å². The molecule has 2 N–H and O–H groups in total. The molecule has 0 saturated carbocycles. The van der Waals surface area contributed by atoms with Crippen molar-refractivity contribution in [2.24, 2.45) is 0 Å². The molecule has 2 rings (SSSR count). The number of benzene rings is 1. The van der Waals surface area contributed by atoms with Gasteiger partial charge < -0.3 is 15.4 Å². The molecule has 3 heteroatoms. The van der Waals surface area contributed by atoms with Crippen LogP contribution in [-0.4, -0.2) is 26.3 Å². The van der Waals surface area contributed by atoms with Crippen molar-refractivity contribution in [2.45, 2.75) is 25.8 Å². The predicted molar refractivity (Wildman–Crippen MR) is 68.2 cm³/mol. The first-order chi connectivity index (χ1) is 7.81. The van der Waals surface area contributed by atoms with Crippen LogP contribution in [0.5, 0.6) is 0 Å². The summed E-state index contributed by atoms with van der Waals surface area (Å²) in [5, 5.41) is 7.08. The van der Waals surface area contributed by atoms with Gasteiger partial charge in [-0.05, 0) is 31.4 Å². The van der Waals surface area contributed by atoms with E-state index in [1.807, 2.05) is 0 Å². The standard InChI is InChI=1S/C13H20N2O/c1-10-5-3-7-12-13(10)15-11(9-14-12)6-4-8-16-2/h3,5,7,11,14-15H,4,6,8-9H2,1-2H3. The third kappa shape index (κ3) is 2.47. The molecule has 1 aromatic rings. The zero-order valence-electron chi connectivity index (χ0n) is 10.0. The lowest BCUT2D eigenvalue weighted by Gasteiger charge is -2.29. The maximum absolute atomic E-state index is 5.08. The molecule has 0 aromatic heterocycles. The minimum Gasteiger partial charge on any atom is -0.385 e. The number of para-hydroxylation sites is 1.